The second-order valence-electron chi connectivity index (χ2n) is 2.64. The minimum Gasteiger partial charge on any atom is -0.486 e. The molecule has 63 valence electrons. The Morgan fingerprint density at radius 1 is 1.42 bits per heavy atom. The average molecular weight is 228 g/mol. The summed E-state index contributed by atoms with van der Waals surface area (Å²) in [6.45, 7) is 4.29. The summed E-state index contributed by atoms with van der Waals surface area (Å²) in [6, 6.07) is 5.68. The Kier molecular flexibility index (Phi) is 1.97. The second-order valence-corrected chi connectivity index (χ2v) is 3.56. The average Bonchev–Trinajstić information content (AvgIpc) is 2.03. The minimum absolute atomic E-state index is 0.105. The van der Waals surface area contributed by atoms with E-state index in [0.717, 1.165) is 16.0 Å². The van der Waals surface area contributed by atoms with Gasteiger partial charge in [-0.25, -0.2) is 0 Å². The van der Waals surface area contributed by atoms with E-state index in [-0.39, 0.29) is 6.10 Å². The van der Waals surface area contributed by atoms with E-state index in [9.17, 15) is 0 Å². The van der Waals surface area contributed by atoms with Crippen molar-refractivity contribution in [2.75, 3.05) is 6.61 Å². The summed E-state index contributed by atoms with van der Waals surface area (Å²) in [5.41, 5.74) is 0. The molecule has 0 aromatic heterocycles. The van der Waals surface area contributed by atoms with Crippen LogP contribution in [-0.2, 0) is 0 Å². The van der Waals surface area contributed by atoms with Gasteiger partial charge in [0.1, 0.15) is 12.7 Å². The number of halogens is 1. The molecule has 1 aliphatic rings. The highest BCUT2D eigenvalue weighted by Crippen LogP contribution is 2.33. The molecule has 1 aromatic carbocycles. The third kappa shape index (κ3) is 1.41. The van der Waals surface area contributed by atoms with Gasteiger partial charge in [0.2, 0.25) is 0 Å². The molecule has 3 heteroatoms. The maximum atomic E-state index is 5.45. The van der Waals surface area contributed by atoms with Gasteiger partial charge in [0.25, 0.3) is 0 Å². The monoisotopic (exact) mass is 227 g/mol. The molecule has 0 aliphatic carbocycles. The molecule has 12 heavy (non-hydrogen) atoms. The molecule has 2 rings (SSSR count). The van der Waals surface area contributed by atoms with E-state index in [1.54, 1.807) is 0 Å². The lowest BCUT2D eigenvalue weighted by molar-refractivity contribution is 0.121. The Morgan fingerprint density at radius 3 is 3.08 bits per heavy atom. The van der Waals surface area contributed by atoms with Crippen molar-refractivity contribution in [2.24, 2.45) is 0 Å². The van der Waals surface area contributed by atoms with E-state index in [1.165, 1.54) is 0 Å². The molecule has 0 saturated heterocycles. The topological polar surface area (TPSA) is 18.5 Å². The molecule has 0 bridgehead atoms. The number of hydrogen-bond donors (Lipinski definition) is 0. The highest BCUT2D eigenvalue weighted by molar-refractivity contribution is 9.10. The van der Waals surface area contributed by atoms with Gasteiger partial charge in [0.05, 0.1) is 0 Å². The van der Waals surface area contributed by atoms with Crippen molar-refractivity contribution >= 4 is 15.9 Å². The van der Waals surface area contributed by atoms with Gasteiger partial charge in [-0.1, -0.05) is 15.9 Å². The summed E-state index contributed by atoms with van der Waals surface area (Å²) in [6.07, 6.45) is -0.105. The summed E-state index contributed by atoms with van der Waals surface area (Å²) in [4.78, 5) is 0. The maximum Gasteiger partial charge on any atom is 0.162 e. The van der Waals surface area contributed by atoms with Gasteiger partial charge in [-0.15, -0.1) is 0 Å². The van der Waals surface area contributed by atoms with Crippen LogP contribution in [0.2, 0.25) is 0 Å². The van der Waals surface area contributed by atoms with Crippen LogP contribution in [0, 0.1) is 6.92 Å². The molecule has 0 N–H and O–H groups in total. The number of ether oxygens (including phenoxy) is 2. The number of hydrogen-bond acceptors (Lipinski definition) is 2. The van der Waals surface area contributed by atoms with E-state index in [0.29, 0.717) is 6.61 Å². The van der Waals surface area contributed by atoms with Crippen molar-refractivity contribution in [2.45, 2.75) is 6.10 Å². The van der Waals surface area contributed by atoms with E-state index in [2.05, 4.69) is 22.9 Å². The molecule has 2 nitrogen and oxygen atoms in total. The van der Waals surface area contributed by atoms with Crippen LogP contribution in [0.5, 0.6) is 11.5 Å². The quantitative estimate of drug-likeness (QED) is 0.678. The predicted octanol–water partition coefficient (Wildman–Crippen LogP) is 2.42. The SMILES string of the molecule is [CH2][C@@H]1COc2ccc(Br)cc2O1. The van der Waals surface area contributed by atoms with Gasteiger partial charge in [-0.05, 0) is 25.1 Å². The number of fused-ring (bicyclic) bond motifs is 1. The Hall–Kier alpha value is -0.700. The third-order valence-corrected chi connectivity index (χ3v) is 2.12. The van der Waals surface area contributed by atoms with Crippen LogP contribution in [-0.4, -0.2) is 12.7 Å². The van der Waals surface area contributed by atoms with Crippen LogP contribution >= 0.6 is 15.9 Å². The van der Waals surface area contributed by atoms with Crippen LogP contribution in [0.4, 0.5) is 0 Å². The lowest BCUT2D eigenvalue weighted by Crippen LogP contribution is -2.25. The van der Waals surface area contributed by atoms with Gasteiger partial charge < -0.3 is 9.47 Å². The predicted molar refractivity (Wildman–Crippen MR) is 49.4 cm³/mol. The highest BCUT2D eigenvalue weighted by Gasteiger charge is 2.16. The first kappa shape index (κ1) is 7.92. The molecule has 1 heterocycles. The summed E-state index contributed by atoms with van der Waals surface area (Å²) >= 11 is 3.35. The van der Waals surface area contributed by atoms with Crippen molar-refractivity contribution < 1.29 is 9.47 Å². The summed E-state index contributed by atoms with van der Waals surface area (Å²) in [5.74, 6) is 1.55. The fourth-order valence-corrected chi connectivity index (χ4v) is 1.43. The Balaban J connectivity index is 2.37. The number of rotatable bonds is 0. The molecule has 1 aliphatic heterocycles. The number of benzene rings is 1. The molecule has 0 saturated carbocycles. The molecular formula is C9H8BrO2. The standard InChI is InChI=1S/C9H8BrO2/c1-6-5-11-8-3-2-7(10)4-9(8)12-6/h2-4,6H,1,5H2/t6-/m1/s1. The Labute approximate surface area is 79.6 Å². The van der Waals surface area contributed by atoms with Crippen LogP contribution < -0.4 is 9.47 Å². The molecule has 0 unspecified atom stereocenters. The van der Waals surface area contributed by atoms with E-state index in [1.807, 2.05) is 18.2 Å². The summed E-state index contributed by atoms with van der Waals surface area (Å²) < 4.78 is 11.8. The van der Waals surface area contributed by atoms with Gasteiger partial charge >= 0.3 is 0 Å². The van der Waals surface area contributed by atoms with Gasteiger partial charge in [-0.3, -0.25) is 0 Å². The normalized spacial score (nSPS) is 20.7. The lowest BCUT2D eigenvalue weighted by Gasteiger charge is -2.23. The fraction of sp³-hybridized carbons (Fsp3) is 0.222. The third-order valence-electron chi connectivity index (χ3n) is 1.62. The molecule has 1 radical (unpaired) electrons. The first-order valence-corrected chi connectivity index (χ1v) is 4.47. The fourth-order valence-electron chi connectivity index (χ4n) is 1.09. The summed E-state index contributed by atoms with van der Waals surface area (Å²) in [5, 5.41) is 0. The van der Waals surface area contributed by atoms with Crippen LogP contribution in [0.1, 0.15) is 0 Å². The van der Waals surface area contributed by atoms with Gasteiger partial charge in [-0.2, -0.15) is 0 Å². The van der Waals surface area contributed by atoms with Crippen molar-refractivity contribution in [3.05, 3.63) is 29.6 Å². The zero-order valence-corrected chi connectivity index (χ0v) is 8.00. The van der Waals surface area contributed by atoms with Gasteiger partial charge in [0.15, 0.2) is 11.5 Å². The largest absolute Gasteiger partial charge is 0.486 e. The van der Waals surface area contributed by atoms with Crippen LogP contribution in [0.3, 0.4) is 0 Å². The van der Waals surface area contributed by atoms with Crippen molar-refractivity contribution in [1.82, 2.24) is 0 Å². The molecular weight excluding hydrogens is 220 g/mol. The molecule has 0 spiro atoms. The second kappa shape index (κ2) is 2.98. The molecule has 0 amide bonds. The Bertz CT molecular complexity index is 299. The van der Waals surface area contributed by atoms with Crippen molar-refractivity contribution in [3.63, 3.8) is 0 Å². The molecule has 1 aromatic rings. The van der Waals surface area contributed by atoms with E-state index < -0.39 is 0 Å². The van der Waals surface area contributed by atoms with Gasteiger partial charge in [0, 0.05) is 4.47 Å². The molecule has 0 fully saturated rings. The van der Waals surface area contributed by atoms with E-state index >= 15 is 0 Å². The highest BCUT2D eigenvalue weighted by atomic mass is 79.9. The Morgan fingerprint density at radius 2 is 2.25 bits per heavy atom. The van der Waals surface area contributed by atoms with Crippen molar-refractivity contribution in [3.8, 4) is 11.5 Å². The zero-order chi connectivity index (χ0) is 8.55. The van der Waals surface area contributed by atoms with Crippen LogP contribution in [0.15, 0.2) is 22.7 Å². The first-order chi connectivity index (χ1) is 5.75. The van der Waals surface area contributed by atoms with Crippen LogP contribution in [0.25, 0.3) is 0 Å². The zero-order valence-electron chi connectivity index (χ0n) is 6.42. The minimum atomic E-state index is -0.105. The smallest absolute Gasteiger partial charge is 0.162 e. The maximum absolute atomic E-state index is 5.45. The van der Waals surface area contributed by atoms with E-state index in [4.69, 9.17) is 9.47 Å². The van der Waals surface area contributed by atoms with Crippen molar-refractivity contribution in [1.29, 1.82) is 0 Å². The first-order valence-electron chi connectivity index (χ1n) is 3.68. The molecule has 1 atom stereocenters. The lowest BCUT2D eigenvalue weighted by atomic mass is 10.3. The summed E-state index contributed by atoms with van der Waals surface area (Å²) in [7, 11) is 0.